The minimum absolute atomic E-state index is 0.240. The van der Waals surface area contributed by atoms with Crippen LogP contribution in [0.5, 0.6) is 5.75 Å². The molecule has 3 aromatic rings. The molecule has 2 N–H and O–H groups in total. The van der Waals surface area contributed by atoms with Crippen molar-refractivity contribution in [2.24, 2.45) is 0 Å². The van der Waals surface area contributed by atoms with Crippen molar-refractivity contribution in [1.82, 2.24) is 0 Å². The number of fused-ring (bicyclic) bond motifs is 2. The number of rotatable bonds is 2. The topological polar surface area (TPSA) is 43.7 Å². The Bertz CT molecular complexity index is 961. The molecule has 1 atom stereocenters. The summed E-state index contributed by atoms with van der Waals surface area (Å²) in [6.45, 7) is 2.58. The van der Waals surface area contributed by atoms with Gasteiger partial charge in [0.1, 0.15) is 5.75 Å². The number of phenolic OH excluding ortho intramolecular Hbond substituents is 1. The van der Waals surface area contributed by atoms with E-state index in [1.165, 1.54) is 5.56 Å². The van der Waals surface area contributed by atoms with Gasteiger partial charge in [0.05, 0.1) is 6.54 Å². The van der Waals surface area contributed by atoms with Gasteiger partial charge in [-0.3, -0.25) is 0 Å². The van der Waals surface area contributed by atoms with E-state index in [0.717, 1.165) is 28.4 Å². The number of hydrogen-bond donors (Lipinski definition) is 2. The van der Waals surface area contributed by atoms with Crippen LogP contribution in [0.3, 0.4) is 0 Å². The molecular formula is C22H21NO2. The minimum Gasteiger partial charge on any atom is -0.508 e. The largest absolute Gasteiger partial charge is 0.508 e. The molecule has 126 valence electrons. The smallest absolute Gasteiger partial charge is 0.187 e. The second-order valence-corrected chi connectivity index (χ2v) is 6.63. The molecule has 1 aliphatic heterocycles. The Morgan fingerprint density at radius 2 is 1.72 bits per heavy atom. The van der Waals surface area contributed by atoms with Crippen molar-refractivity contribution in [3.05, 3.63) is 83.7 Å². The van der Waals surface area contributed by atoms with Crippen LogP contribution in [0, 0.1) is 0 Å². The summed E-state index contributed by atoms with van der Waals surface area (Å²) in [4.78, 5) is 1.89. The zero-order chi connectivity index (χ0) is 17.4. The van der Waals surface area contributed by atoms with Crippen molar-refractivity contribution in [3.8, 4) is 5.75 Å². The maximum absolute atomic E-state index is 10.6. The minimum atomic E-state index is 0.240. The number of aliphatic hydroxyl groups is 1. The molecule has 3 heteroatoms. The first kappa shape index (κ1) is 15.6. The lowest BCUT2D eigenvalue weighted by Gasteiger charge is -2.26. The highest BCUT2D eigenvalue weighted by atomic mass is 16.3. The van der Waals surface area contributed by atoms with Crippen molar-refractivity contribution >= 4 is 16.5 Å². The van der Waals surface area contributed by atoms with E-state index < -0.39 is 0 Å². The van der Waals surface area contributed by atoms with Crippen LogP contribution in [-0.2, 0) is 6.54 Å². The molecule has 1 unspecified atom stereocenters. The normalized spacial score (nSPS) is 17.1. The fourth-order valence-electron chi connectivity index (χ4n) is 3.61. The molecular weight excluding hydrogens is 310 g/mol. The monoisotopic (exact) mass is 331 g/mol. The number of aromatic hydroxyl groups is 1. The maximum Gasteiger partial charge on any atom is 0.187 e. The predicted octanol–water partition coefficient (Wildman–Crippen LogP) is 5.46. The first-order chi connectivity index (χ1) is 12.1. The molecule has 0 aliphatic carbocycles. The fourth-order valence-corrected chi connectivity index (χ4v) is 3.61. The third-order valence-corrected chi connectivity index (χ3v) is 5.02. The highest BCUT2D eigenvalue weighted by Gasteiger charge is 2.23. The molecule has 1 heterocycles. The quantitative estimate of drug-likeness (QED) is 0.655. The molecule has 0 aromatic heterocycles. The summed E-state index contributed by atoms with van der Waals surface area (Å²) in [5.41, 5.74) is 3.03. The molecule has 0 radical (unpaired) electrons. The zero-order valence-corrected chi connectivity index (χ0v) is 14.2. The molecule has 0 fully saturated rings. The van der Waals surface area contributed by atoms with Crippen LogP contribution in [0.4, 0.5) is 5.69 Å². The van der Waals surface area contributed by atoms with Gasteiger partial charge in [-0.25, -0.2) is 0 Å². The number of anilines is 1. The van der Waals surface area contributed by atoms with E-state index in [2.05, 4.69) is 13.0 Å². The highest BCUT2D eigenvalue weighted by Crippen LogP contribution is 2.37. The van der Waals surface area contributed by atoms with Gasteiger partial charge in [-0.1, -0.05) is 55.5 Å². The number of hydrogen-bond acceptors (Lipinski definition) is 3. The van der Waals surface area contributed by atoms with Gasteiger partial charge in [-0.05, 0) is 46.9 Å². The van der Waals surface area contributed by atoms with Crippen molar-refractivity contribution in [1.29, 1.82) is 0 Å². The Kier molecular flexibility index (Phi) is 3.85. The van der Waals surface area contributed by atoms with E-state index in [1.807, 2.05) is 59.5 Å². The first-order valence-electron chi connectivity index (χ1n) is 8.60. The average Bonchev–Trinajstić information content (AvgIpc) is 2.76. The van der Waals surface area contributed by atoms with Gasteiger partial charge in [0, 0.05) is 11.3 Å². The standard InChI is InChI=1S/C22H21NO2/c1-15-10-13-22(25)23(20-9-5-4-7-17(15)20)14-19-18-8-3-2-6-16(18)11-12-21(19)24/h2-9,11-13,15,24-25H,10,14H2,1H3. The molecule has 0 amide bonds. The van der Waals surface area contributed by atoms with E-state index >= 15 is 0 Å². The van der Waals surface area contributed by atoms with Crippen LogP contribution in [0.25, 0.3) is 10.8 Å². The van der Waals surface area contributed by atoms with Gasteiger partial charge in [0.25, 0.3) is 0 Å². The van der Waals surface area contributed by atoms with E-state index in [0.29, 0.717) is 12.5 Å². The molecule has 0 saturated carbocycles. The lowest BCUT2D eigenvalue weighted by atomic mass is 9.96. The predicted molar refractivity (Wildman–Crippen MR) is 102 cm³/mol. The molecule has 0 bridgehead atoms. The van der Waals surface area contributed by atoms with E-state index in [1.54, 1.807) is 6.07 Å². The second-order valence-electron chi connectivity index (χ2n) is 6.63. The summed E-state index contributed by atoms with van der Waals surface area (Å²) >= 11 is 0. The fraction of sp³-hybridized carbons (Fsp3) is 0.182. The van der Waals surface area contributed by atoms with E-state index in [-0.39, 0.29) is 11.6 Å². The zero-order valence-electron chi connectivity index (χ0n) is 14.2. The molecule has 1 aliphatic rings. The number of nitrogens with zero attached hydrogens (tertiary/aromatic N) is 1. The summed E-state index contributed by atoms with van der Waals surface area (Å²) in [5.74, 6) is 0.829. The third-order valence-electron chi connectivity index (χ3n) is 5.02. The number of benzene rings is 3. The lowest BCUT2D eigenvalue weighted by Crippen LogP contribution is -2.22. The van der Waals surface area contributed by atoms with Crippen LogP contribution in [0.1, 0.15) is 30.4 Å². The Morgan fingerprint density at radius 1 is 0.960 bits per heavy atom. The highest BCUT2D eigenvalue weighted by molar-refractivity contribution is 5.88. The van der Waals surface area contributed by atoms with Gasteiger partial charge in [-0.2, -0.15) is 0 Å². The van der Waals surface area contributed by atoms with Gasteiger partial charge < -0.3 is 15.1 Å². The Balaban J connectivity index is 1.85. The molecule has 3 aromatic carbocycles. The van der Waals surface area contributed by atoms with Crippen molar-refractivity contribution < 1.29 is 10.2 Å². The van der Waals surface area contributed by atoms with Gasteiger partial charge in [-0.15, -0.1) is 0 Å². The number of allylic oxidation sites excluding steroid dienone is 1. The summed E-state index contributed by atoms with van der Waals surface area (Å²) in [6, 6.07) is 19.8. The Labute approximate surface area is 147 Å². The molecule has 0 spiro atoms. The van der Waals surface area contributed by atoms with Crippen molar-refractivity contribution in [2.75, 3.05) is 4.90 Å². The van der Waals surface area contributed by atoms with Crippen LogP contribution < -0.4 is 4.90 Å². The first-order valence-corrected chi connectivity index (χ1v) is 8.60. The SMILES string of the molecule is CC1CC=C(O)N(Cc2c(O)ccc3ccccc23)c2ccccc21. The Hall–Kier alpha value is -2.94. The number of aliphatic hydroxyl groups excluding tert-OH is 1. The van der Waals surface area contributed by atoms with Crippen LogP contribution >= 0.6 is 0 Å². The molecule has 4 rings (SSSR count). The van der Waals surface area contributed by atoms with E-state index in [9.17, 15) is 10.2 Å². The van der Waals surface area contributed by atoms with Crippen LogP contribution in [0.2, 0.25) is 0 Å². The summed E-state index contributed by atoms with van der Waals surface area (Å²) in [7, 11) is 0. The lowest BCUT2D eigenvalue weighted by molar-refractivity contribution is 0.385. The molecule has 3 nitrogen and oxygen atoms in total. The summed E-state index contributed by atoms with van der Waals surface area (Å²) < 4.78 is 0. The summed E-state index contributed by atoms with van der Waals surface area (Å²) in [5, 5.41) is 23.2. The second kappa shape index (κ2) is 6.17. The number of para-hydroxylation sites is 1. The van der Waals surface area contributed by atoms with Crippen molar-refractivity contribution in [3.63, 3.8) is 0 Å². The van der Waals surface area contributed by atoms with E-state index in [4.69, 9.17) is 0 Å². The van der Waals surface area contributed by atoms with Crippen LogP contribution in [-0.4, -0.2) is 10.2 Å². The number of phenols is 1. The maximum atomic E-state index is 10.6. The van der Waals surface area contributed by atoms with Gasteiger partial charge in [0.2, 0.25) is 0 Å². The molecule has 25 heavy (non-hydrogen) atoms. The Morgan fingerprint density at radius 3 is 2.60 bits per heavy atom. The molecule has 0 saturated heterocycles. The van der Waals surface area contributed by atoms with Gasteiger partial charge >= 0.3 is 0 Å². The third kappa shape index (κ3) is 2.72. The van der Waals surface area contributed by atoms with Crippen LogP contribution in [0.15, 0.2) is 72.6 Å². The van der Waals surface area contributed by atoms with Crippen molar-refractivity contribution in [2.45, 2.75) is 25.8 Å². The average molecular weight is 331 g/mol. The summed E-state index contributed by atoms with van der Waals surface area (Å²) in [6.07, 6.45) is 2.66. The van der Waals surface area contributed by atoms with Gasteiger partial charge in [0.15, 0.2) is 5.88 Å².